The molecule has 20 heavy (non-hydrogen) atoms. The number of benzene rings is 1. The van der Waals surface area contributed by atoms with E-state index < -0.39 is 11.6 Å². The molecule has 0 aliphatic carbocycles. The molecule has 1 heterocycles. The highest BCUT2D eigenvalue weighted by molar-refractivity contribution is 5.21. The molecule has 0 radical (unpaired) electrons. The van der Waals surface area contributed by atoms with Crippen molar-refractivity contribution >= 4 is 0 Å². The smallest absolute Gasteiger partial charge is 0.159 e. The first-order chi connectivity index (χ1) is 9.47. The van der Waals surface area contributed by atoms with Gasteiger partial charge in [0.25, 0.3) is 0 Å². The van der Waals surface area contributed by atoms with Crippen molar-refractivity contribution < 1.29 is 8.78 Å². The third kappa shape index (κ3) is 3.40. The van der Waals surface area contributed by atoms with Crippen LogP contribution in [0.3, 0.4) is 0 Å². The highest BCUT2D eigenvalue weighted by atomic mass is 19.2. The Morgan fingerprint density at radius 3 is 2.70 bits per heavy atom. The molecule has 6 heteroatoms. The van der Waals surface area contributed by atoms with Crippen molar-refractivity contribution in [3.63, 3.8) is 0 Å². The molecule has 0 bridgehead atoms. The van der Waals surface area contributed by atoms with Gasteiger partial charge in [-0.15, -0.1) is 0 Å². The zero-order valence-electron chi connectivity index (χ0n) is 11.6. The number of aryl methyl sites for hydroxylation is 1. The zero-order chi connectivity index (χ0) is 14.7. The lowest BCUT2D eigenvalue weighted by atomic mass is 10.1. The predicted octanol–water partition coefficient (Wildman–Crippen LogP) is 1.83. The standard InChI is InChI=1S/C14H18F2N4/c1-19(9-14-18-5-6-20(14)2)8-13(17)10-3-4-11(15)12(16)7-10/h3-7,13H,8-9,17H2,1-2H3. The van der Waals surface area contributed by atoms with Gasteiger partial charge < -0.3 is 10.3 Å². The van der Waals surface area contributed by atoms with Crippen molar-refractivity contribution in [1.29, 1.82) is 0 Å². The number of nitrogens with two attached hydrogens (primary N) is 1. The molecule has 4 nitrogen and oxygen atoms in total. The van der Waals surface area contributed by atoms with Crippen molar-refractivity contribution in [1.82, 2.24) is 14.5 Å². The summed E-state index contributed by atoms with van der Waals surface area (Å²) < 4.78 is 28.0. The van der Waals surface area contributed by atoms with Crippen LogP contribution in [0.15, 0.2) is 30.6 Å². The van der Waals surface area contributed by atoms with Crippen LogP contribution >= 0.6 is 0 Å². The van der Waals surface area contributed by atoms with E-state index in [2.05, 4.69) is 4.98 Å². The minimum absolute atomic E-state index is 0.379. The van der Waals surface area contributed by atoms with Crippen molar-refractivity contribution in [2.75, 3.05) is 13.6 Å². The maximum absolute atomic E-state index is 13.2. The number of imidazole rings is 1. The molecule has 0 aliphatic rings. The maximum Gasteiger partial charge on any atom is 0.159 e. The summed E-state index contributed by atoms with van der Waals surface area (Å²) in [6, 6.07) is 3.38. The third-order valence-corrected chi connectivity index (χ3v) is 3.21. The summed E-state index contributed by atoms with van der Waals surface area (Å²) in [4.78, 5) is 6.23. The molecule has 1 atom stereocenters. The summed E-state index contributed by atoms with van der Waals surface area (Å²) in [5, 5.41) is 0. The molecule has 1 unspecified atom stereocenters. The molecule has 1 aromatic heterocycles. The molecule has 0 spiro atoms. The fraction of sp³-hybridized carbons (Fsp3) is 0.357. The van der Waals surface area contributed by atoms with Gasteiger partial charge in [0.1, 0.15) is 5.82 Å². The lowest BCUT2D eigenvalue weighted by molar-refractivity contribution is 0.294. The second-order valence-electron chi connectivity index (χ2n) is 4.93. The average molecular weight is 280 g/mol. The van der Waals surface area contributed by atoms with Crippen molar-refractivity contribution in [3.05, 3.63) is 53.6 Å². The van der Waals surface area contributed by atoms with E-state index in [1.54, 1.807) is 6.20 Å². The van der Waals surface area contributed by atoms with Crippen LogP contribution in [0.5, 0.6) is 0 Å². The predicted molar refractivity (Wildman–Crippen MR) is 72.8 cm³/mol. The second kappa shape index (κ2) is 6.11. The number of hydrogen-bond donors (Lipinski definition) is 1. The molecule has 2 rings (SSSR count). The molecule has 108 valence electrons. The van der Waals surface area contributed by atoms with Crippen molar-refractivity contribution in [3.8, 4) is 0 Å². The van der Waals surface area contributed by atoms with Crippen LogP contribution in [-0.2, 0) is 13.6 Å². The van der Waals surface area contributed by atoms with Crippen molar-refractivity contribution in [2.45, 2.75) is 12.6 Å². The molecule has 0 fully saturated rings. The van der Waals surface area contributed by atoms with Gasteiger partial charge in [0.2, 0.25) is 0 Å². The molecule has 2 N–H and O–H groups in total. The number of nitrogens with zero attached hydrogens (tertiary/aromatic N) is 3. The van der Waals surface area contributed by atoms with E-state index >= 15 is 0 Å². The molecular formula is C14H18F2N4. The minimum Gasteiger partial charge on any atom is -0.337 e. The van der Waals surface area contributed by atoms with E-state index in [1.165, 1.54) is 6.07 Å². The zero-order valence-corrected chi connectivity index (χ0v) is 11.6. The largest absolute Gasteiger partial charge is 0.337 e. The Bertz CT molecular complexity index is 582. The van der Waals surface area contributed by atoms with Crippen LogP contribution in [-0.4, -0.2) is 28.0 Å². The van der Waals surface area contributed by atoms with Gasteiger partial charge in [0.15, 0.2) is 11.6 Å². The molecule has 0 aliphatic heterocycles. The van der Waals surface area contributed by atoms with Gasteiger partial charge in [0.05, 0.1) is 6.54 Å². The molecule has 1 aromatic carbocycles. The van der Waals surface area contributed by atoms with Crippen LogP contribution < -0.4 is 5.73 Å². The maximum atomic E-state index is 13.2. The first-order valence-electron chi connectivity index (χ1n) is 6.32. The van der Waals surface area contributed by atoms with Gasteiger partial charge >= 0.3 is 0 Å². The van der Waals surface area contributed by atoms with Crippen LogP contribution in [0.4, 0.5) is 8.78 Å². The molecular weight excluding hydrogens is 262 g/mol. The lowest BCUT2D eigenvalue weighted by Crippen LogP contribution is -2.29. The Hall–Kier alpha value is -1.79. The highest BCUT2D eigenvalue weighted by Gasteiger charge is 2.13. The van der Waals surface area contributed by atoms with Crippen molar-refractivity contribution in [2.24, 2.45) is 12.8 Å². The molecule has 2 aromatic rings. The van der Waals surface area contributed by atoms with Gasteiger partial charge in [-0.2, -0.15) is 0 Å². The number of halogens is 2. The fourth-order valence-electron chi connectivity index (χ4n) is 2.04. The van der Waals surface area contributed by atoms with Crippen LogP contribution in [0, 0.1) is 11.6 Å². The first-order valence-corrected chi connectivity index (χ1v) is 6.32. The van der Waals surface area contributed by atoms with E-state index in [0.29, 0.717) is 18.7 Å². The van der Waals surface area contributed by atoms with E-state index in [9.17, 15) is 8.78 Å². The highest BCUT2D eigenvalue weighted by Crippen LogP contribution is 2.15. The topological polar surface area (TPSA) is 47.1 Å². The Morgan fingerprint density at radius 1 is 1.35 bits per heavy atom. The van der Waals surface area contributed by atoms with Crippen LogP contribution in [0.2, 0.25) is 0 Å². The van der Waals surface area contributed by atoms with Crippen LogP contribution in [0.1, 0.15) is 17.4 Å². The number of hydrogen-bond acceptors (Lipinski definition) is 3. The summed E-state index contributed by atoms with van der Waals surface area (Å²) in [7, 11) is 3.83. The molecule has 0 amide bonds. The number of rotatable bonds is 5. The number of likely N-dealkylation sites (N-methyl/N-ethyl adjacent to an activating group) is 1. The lowest BCUT2D eigenvalue weighted by Gasteiger charge is -2.21. The second-order valence-corrected chi connectivity index (χ2v) is 4.93. The van der Waals surface area contributed by atoms with Gasteiger partial charge in [-0.05, 0) is 24.7 Å². The number of aromatic nitrogens is 2. The average Bonchev–Trinajstić information content (AvgIpc) is 2.78. The fourth-order valence-corrected chi connectivity index (χ4v) is 2.04. The minimum atomic E-state index is -0.871. The first kappa shape index (κ1) is 14.6. The molecule has 0 saturated carbocycles. The van der Waals surface area contributed by atoms with E-state index in [1.807, 2.05) is 29.8 Å². The van der Waals surface area contributed by atoms with Crippen LogP contribution in [0.25, 0.3) is 0 Å². The van der Waals surface area contributed by atoms with Gasteiger partial charge in [-0.1, -0.05) is 6.07 Å². The Morgan fingerprint density at radius 2 is 2.10 bits per heavy atom. The summed E-state index contributed by atoms with van der Waals surface area (Å²) >= 11 is 0. The van der Waals surface area contributed by atoms with E-state index in [-0.39, 0.29) is 6.04 Å². The Balaban J connectivity index is 1.98. The SMILES string of the molecule is CN(Cc1nccn1C)CC(N)c1ccc(F)c(F)c1. The molecule has 0 saturated heterocycles. The third-order valence-electron chi connectivity index (χ3n) is 3.21. The normalized spacial score (nSPS) is 12.9. The van der Waals surface area contributed by atoms with Gasteiger partial charge in [0, 0.05) is 32.0 Å². The van der Waals surface area contributed by atoms with Gasteiger partial charge in [-0.25, -0.2) is 13.8 Å². The Labute approximate surface area is 116 Å². The van der Waals surface area contributed by atoms with E-state index in [0.717, 1.165) is 18.0 Å². The Kier molecular flexibility index (Phi) is 4.46. The monoisotopic (exact) mass is 280 g/mol. The summed E-state index contributed by atoms with van der Waals surface area (Å²) in [6.07, 6.45) is 3.61. The van der Waals surface area contributed by atoms with E-state index in [4.69, 9.17) is 5.73 Å². The summed E-state index contributed by atoms with van der Waals surface area (Å²) in [5.41, 5.74) is 6.60. The summed E-state index contributed by atoms with van der Waals surface area (Å²) in [6.45, 7) is 1.17. The quantitative estimate of drug-likeness (QED) is 0.909. The summed E-state index contributed by atoms with van der Waals surface area (Å²) in [5.74, 6) is -0.808. The van der Waals surface area contributed by atoms with Gasteiger partial charge in [-0.3, -0.25) is 4.90 Å².